The molecule has 100 valence electrons. The van der Waals surface area contributed by atoms with Crippen LogP contribution in [0.3, 0.4) is 0 Å². The molecule has 20 heavy (non-hydrogen) atoms. The molecule has 3 rings (SSSR count). The third-order valence-electron chi connectivity index (χ3n) is 3.22. The Morgan fingerprint density at radius 3 is 2.50 bits per heavy atom. The smallest absolute Gasteiger partial charge is 0.120 e. The van der Waals surface area contributed by atoms with E-state index in [1.54, 1.807) is 0 Å². The van der Waals surface area contributed by atoms with E-state index in [-0.39, 0.29) is 0 Å². The number of fused-ring (bicyclic) bond motifs is 1. The van der Waals surface area contributed by atoms with Gasteiger partial charge >= 0.3 is 0 Å². The molecule has 2 N–H and O–H groups in total. The molecule has 3 aromatic rings. The number of hydrogen-bond donors (Lipinski definition) is 1. The van der Waals surface area contributed by atoms with Crippen LogP contribution in [0.1, 0.15) is 5.56 Å². The fourth-order valence-electron chi connectivity index (χ4n) is 2.12. The number of halogens is 1. The maximum absolute atomic E-state index is 5.97. The van der Waals surface area contributed by atoms with Gasteiger partial charge in [0.25, 0.3) is 0 Å². The lowest BCUT2D eigenvalue weighted by Gasteiger charge is -2.09. The van der Waals surface area contributed by atoms with Crippen molar-refractivity contribution >= 4 is 32.4 Å². The van der Waals surface area contributed by atoms with Crippen LogP contribution < -0.4 is 10.5 Å². The van der Waals surface area contributed by atoms with E-state index in [9.17, 15) is 0 Å². The molecule has 0 saturated carbocycles. The van der Waals surface area contributed by atoms with Crippen molar-refractivity contribution in [3.8, 4) is 5.75 Å². The Bertz CT molecular complexity index is 755. The van der Waals surface area contributed by atoms with Crippen molar-refractivity contribution in [1.29, 1.82) is 0 Å². The fraction of sp³-hybridized carbons (Fsp3) is 0.0588. The number of nitrogens with two attached hydrogens (primary N) is 1. The molecule has 0 spiro atoms. The molecule has 0 atom stereocenters. The van der Waals surface area contributed by atoms with Gasteiger partial charge in [-0.25, -0.2) is 0 Å². The standard InChI is InChI=1S/C17H14BrNO/c18-15-7-5-14(17(19)10-15)11-20-16-8-6-12-3-1-2-4-13(12)9-16/h1-10H,11,19H2. The van der Waals surface area contributed by atoms with Crippen LogP contribution in [0.5, 0.6) is 5.75 Å². The molecule has 0 fully saturated rings. The zero-order chi connectivity index (χ0) is 13.9. The molecular weight excluding hydrogens is 314 g/mol. The summed E-state index contributed by atoms with van der Waals surface area (Å²) in [6, 6.07) is 20.2. The van der Waals surface area contributed by atoms with Crippen LogP contribution in [-0.2, 0) is 6.61 Å². The molecule has 0 saturated heterocycles. The van der Waals surface area contributed by atoms with Crippen molar-refractivity contribution in [2.24, 2.45) is 0 Å². The first kappa shape index (κ1) is 13.0. The fourth-order valence-corrected chi connectivity index (χ4v) is 2.49. The molecule has 0 heterocycles. The first-order chi connectivity index (χ1) is 9.72. The van der Waals surface area contributed by atoms with Gasteiger partial charge in [0.2, 0.25) is 0 Å². The van der Waals surface area contributed by atoms with Gasteiger partial charge in [-0.2, -0.15) is 0 Å². The summed E-state index contributed by atoms with van der Waals surface area (Å²) >= 11 is 3.40. The van der Waals surface area contributed by atoms with Crippen LogP contribution in [0.2, 0.25) is 0 Å². The topological polar surface area (TPSA) is 35.2 Å². The van der Waals surface area contributed by atoms with E-state index < -0.39 is 0 Å². The quantitative estimate of drug-likeness (QED) is 0.703. The van der Waals surface area contributed by atoms with E-state index in [0.29, 0.717) is 6.61 Å². The number of hydrogen-bond acceptors (Lipinski definition) is 2. The third kappa shape index (κ3) is 2.78. The second-order valence-electron chi connectivity index (χ2n) is 4.64. The van der Waals surface area contributed by atoms with Crippen LogP contribution in [0.15, 0.2) is 65.1 Å². The lowest BCUT2D eigenvalue weighted by Crippen LogP contribution is -2.00. The summed E-state index contributed by atoms with van der Waals surface area (Å²) < 4.78 is 6.80. The van der Waals surface area contributed by atoms with Crippen molar-refractivity contribution < 1.29 is 4.74 Å². The number of anilines is 1. The minimum absolute atomic E-state index is 0.470. The molecule has 0 aliphatic rings. The lowest BCUT2D eigenvalue weighted by molar-refractivity contribution is 0.307. The minimum Gasteiger partial charge on any atom is -0.489 e. The highest BCUT2D eigenvalue weighted by Crippen LogP contribution is 2.23. The molecule has 0 aromatic heterocycles. The van der Waals surface area contributed by atoms with Crippen molar-refractivity contribution in [2.75, 3.05) is 5.73 Å². The maximum Gasteiger partial charge on any atom is 0.120 e. The van der Waals surface area contributed by atoms with Crippen LogP contribution in [0.4, 0.5) is 5.69 Å². The van der Waals surface area contributed by atoms with Crippen LogP contribution in [0, 0.1) is 0 Å². The average molecular weight is 328 g/mol. The number of nitrogen functional groups attached to an aromatic ring is 1. The van der Waals surface area contributed by atoms with E-state index >= 15 is 0 Å². The van der Waals surface area contributed by atoms with Gasteiger partial charge in [0, 0.05) is 15.7 Å². The predicted molar refractivity (Wildman–Crippen MR) is 86.8 cm³/mol. The first-order valence-electron chi connectivity index (χ1n) is 6.38. The highest BCUT2D eigenvalue weighted by Gasteiger charge is 2.02. The molecular formula is C17H14BrNO. The molecule has 0 amide bonds. The summed E-state index contributed by atoms with van der Waals surface area (Å²) in [5.74, 6) is 0.853. The molecule has 0 unspecified atom stereocenters. The second kappa shape index (κ2) is 5.55. The second-order valence-corrected chi connectivity index (χ2v) is 5.56. The number of rotatable bonds is 3. The predicted octanol–water partition coefficient (Wildman–Crippen LogP) is 4.76. The molecule has 0 aliphatic heterocycles. The van der Waals surface area contributed by atoms with Gasteiger partial charge in [0.15, 0.2) is 0 Å². The molecule has 0 bridgehead atoms. The zero-order valence-electron chi connectivity index (χ0n) is 10.8. The first-order valence-corrected chi connectivity index (χ1v) is 7.17. The summed E-state index contributed by atoms with van der Waals surface area (Å²) in [6.45, 7) is 0.470. The lowest BCUT2D eigenvalue weighted by atomic mass is 10.1. The van der Waals surface area contributed by atoms with E-state index in [0.717, 1.165) is 21.5 Å². The van der Waals surface area contributed by atoms with Crippen LogP contribution in [0.25, 0.3) is 10.8 Å². The Kier molecular flexibility index (Phi) is 3.61. The SMILES string of the molecule is Nc1cc(Br)ccc1COc1ccc2ccccc2c1. The van der Waals surface area contributed by atoms with Crippen LogP contribution in [-0.4, -0.2) is 0 Å². The monoisotopic (exact) mass is 327 g/mol. The summed E-state index contributed by atoms with van der Waals surface area (Å²) in [4.78, 5) is 0. The highest BCUT2D eigenvalue weighted by atomic mass is 79.9. The van der Waals surface area contributed by atoms with Gasteiger partial charge in [-0.05, 0) is 35.0 Å². The van der Waals surface area contributed by atoms with Crippen molar-refractivity contribution in [1.82, 2.24) is 0 Å². The van der Waals surface area contributed by atoms with E-state index in [1.807, 2.05) is 42.5 Å². The van der Waals surface area contributed by atoms with Gasteiger partial charge in [0.05, 0.1) is 0 Å². The number of benzene rings is 3. The Morgan fingerprint density at radius 1 is 0.900 bits per heavy atom. The summed E-state index contributed by atoms with van der Waals surface area (Å²) in [5, 5.41) is 2.39. The van der Waals surface area contributed by atoms with E-state index in [2.05, 4.69) is 34.1 Å². The van der Waals surface area contributed by atoms with Crippen molar-refractivity contribution in [3.63, 3.8) is 0 Å². The molecule has 0 aliphatic carbocycles. The van der Waals surface area contributed by atoms with Gasteiger partial charge in [-0.3, -0.25) is 0 Å². The van der Waals surface area contributed by atoms with Gasteiger partial charge < -0.3 is 10.5 Å². The van der Waals surface area contributed by atoms with Crippen molar-refractivity contribution in [2.45, 2.75) is 6.61 Å². The zero-order valence-corrected chi connectivity index (χ0v) is 12.4. The summed E-state index contributed by atoms with van der Waals surface area (Å²) in [7, 11) is 0. The number of ether oxygens (including phenoxy) is 1. The Morgan fingerprint density at radius 2 is 1.70 bits per heavy atom. The van der Waals surface area contributed by atoms with Crippen LogP contribution >= 0.6 is 15.9 Å². The maximum atomic E-state index is 5.97. The Hall–Kier alpha value is -2.00. The molecule has 0 radical (unpaired) electrons. The minimum atomic E-state index is 0.470. The molecule has 3 heteroatoms. The Balaban J connectivity index is 1.79. The van der Waals surface area contributed by atoms with Gasteiger partial charge in [-0.15, -0.1) is 0 Å². The highest BCUT2D eigenvalue weighted by molar-refractivity contribution is 9.10. The van der Waals surface area contributed by atoms with Gasteiger partial charge in [-0.1, -0.05) is 52.3 Å². The Labute approximate surface area is 126 Å². The molecule has 2 nitrogen and oxygen atoms in total. The summed E-state index contributed by atoms with van der Waals surface area (Å²) in [5.41, 5.74) is 7.69. The average Bonchev–Trinajstić information content (AvgIpc) is 2.46. The van der Waals surface area contributed by atoms with Gasteiger partial charge in [0.1, 0.15) is 12.4 Å². The van der Waals surface area contributed by atoms with E-state index in [1.165, 1.54) is 10.8 Å². The molecule has 3 aromatic carbocycles. The normalized spacial score (nSPS) is 10.7. The van der Waals surface area contributed by atoms with Crippen molar-refractivity contribution in [3.05, 3.63) is 70.7 Å². The van der Waals surface area contributed by atoms with E-state index in [4.69, 9.17) is 10.5 Å². The largest absolute Gasteiger partial charge is 0.489 e. The third-order valence-corrected chi connectivity index (χ3v) is 3.72. The summed E-state index contributed by atoms with van der Waals surface area (Å²) in [6.07, 6.45) is 0.